The van der Waals surface area contributed by atoms with Gasteiger partial charge < -0.3 is 5.73 Å². The van der Waals surface area contributed by atoms with Crippen molar-refractivity contribution in [2.45, 2.75) is 12.5 Å². The molecule has 0 aliphatic rings. The molecule has 2 N–H and O–H groups in total. The van der Waals surface area contributed by atoms with Crippen LogP contribution in [0.3, 0.4) is 0 Å². The number of alkyl halides is 1. The SMILES string of the molecule is Cl.N[C@H](CCF)c1csc([N+](=O)[O-])c1. The van der Waals surface area contributed by atoms with E-state index < -0.39 is 17.6 Å². The first-order valence-corrected chi connectivity index (χ1v) is 4.57. The number of thiophene rings is 1. The lowest BCUT2D eigenvalue weighted by atomic mass is 10.1. The first kappa shape index (κ1) is 13.3. The first-order valence-electron chi connectivity index (χ1n) is 3.69. The number of halogens is 2. The number of nitrogens with zero attached hydrogens (tertiary/aromatic N) is 1. The van der Waals surface area contributed by atoms with Crippen LogP contribution in [0.4, 0.5) is 9.39 Å². The maximum absolute atomic E-state index is 11.9. The van der Waals surface area contributed by atoms with Gasteiger partial charge in [0.2, 0.25) is 0 Å². The van der Waals surface area contributed by atoms with E-state index >= 15 is 0 Å². The van der Waals surface area contributed by atoms with Gasteiger partial charge in [0.15, 0.2) is 0 Å². The van der Waals surface area contributed by atoms with Gasteiger partial charge in [-0.3, -0.25) is 14.5 Å². The highest BCUT2D eigenvalue weighted by Gasteiger charge is 2.13. The smallest absolute Gasteiger partial charge is 0.324 e. The average molecular weight is 241 g/mol. The van der Waals surface area contributed by atoms with E-state index in [4.69, 9.17) is 5.73 Å². The van der Waals surface area contributed by atoms with E-state index in [1.807, 2.05) is 0 Å². The summed E-state index contributed by atoms with van der Waals surface area (Å²) in [4.78, 5) is 9.82. The van der Waals surface area contributed by atoms with Crippen LogP contribution >= 0.6 is 23.7 Å². The Morgan fingerprint density at radius 2 is 2.36 bits per heavy atom. The minimum Gasteiger partial charge on any atom is -0.324 e. The van der Waals surface area contributed by atoms with Crippen molar-refractivity contribution < 1.29 is 9.31 Å². The second-order valence-electron chi connectivity index (χ2n) is 2.56. The van der Waals surface area contributed by atoms with E-state index in [0.717, 1.165) is 11.3 Å². The van der Waals surface area contributed by atoms with Crippen molar-refractivity contribution in [3.63, 3.8) is 0 Å². The van der Waals surface area contributed by atoms with Crippen molar-refractivity contribution in [3.8, 4) is 0 Å². The van der Waals surface area contributed by atoms with Crippen LogP contribution in [0.2, 0.25) is 0 Å². The summed E-state index contributed by atoms with van der Waals surface area (Å²) in [7, 11) is 0. The lowest BCUT2D eigenvalue weighted by Crippen LogP contribution is -2.09. The quantitative estimate of drug-likeness (QED) is 0.649. The Balaban J connectivity index is 0.00000169. The van der Waals surface area contributed by atoms with Crippen molar-refractivity contribution in [3.05, 3.63) is 27.1 Å². The molecule has 0 unspecified atom stereocenters. The third-order valence-electron chi connectivity index (χ3n) is 1.63. The predicted molar refractivity (Wildman–Crippen MR) is 55.7 cm³/mol. The van der Waals surface area contributed by atoms with E-state index in [0.29, 0.717) is 5.56 Å². The molecule has 1 heterocycles. The van der Waals surface area contributed by atoms with Crippen LogP contribution in [0.15, 0.2) is 11.4 Å². The summed E-state index contributed by atoms with van der Waals surface area (Å²) >= 11 is 1.01. The van der Waals surface area contributed by atoms with Crippen molar-refractivity contribution in [2.75, 3.05) is 6.67 Å². The molecule has 80 valence electrons. The monoisotopic (exact) mass is 240 g/mol. The molecule has 0 aliphatic carbocycles. The average Bonchev–Trinajstić information content (AvgIpc) is 2.52. The van der Waals surface area contributed by atoms with Gasteiger partial charge in [0.1, 0.15) is 0 Å². The van der Waals surface area contributed by atoms with Crippen LogP contribution in [-0.2, 0) is 0 Å². The molecule has 1 aromatic heterocycles. The van der Waals surface area contributed by atoms with E-state index in [2.05, 4.69) is 0 Å². The Kier molecular flexibility index (Phi) is 5.59. The molecule has 7 heteroatoms. The molecule has 0 aromatic carbocycles. The van der Waals surface area contributed by atoms with Gasteiger partial charge in [0.05, 0.1) is 11.6 Å². The predicted octanol–water partition coefficient (Wildman–Crippen LogP) is 2.44. The zero-order chi connectivity index (χ0) is 9.84. The van der Waals surface area contributed by atoms with Gasteiger partial charge in [-0.2, -0.15) is 0 Å². The third-order valence-corrected chi connectivity index (χ3v) is 2.53. The maximum Gasteiger partial charge on any atom is 0.324 e. The summed E-state index contributed by atoms with van der Waals surface area (Å²) in [6, 6.07) is 0.959. The second kappa shape index (κ2) is 5.90. The van der Waals surface area contributed by atoms with Crippen molar-refractivity contribution in [1.82, 2.24) is 0 Å². The summed E-state index contributed by atoms with van der Waals surface area (Å²) in [5.41, 5.74) is 6.20. The fraction of sp³-hybridized carbons (Fsp3) is 0.429. The lowest BCUT2D eigenvalue weighted by Gasteiger charge is -2.04. The van der Waals surface area contributed by atoms with Gasteiger partial charge in [0, 0.05) is 17.5 Å². The van der Waals surface area contributed by atoms with Gasteiger partial charge in [0.25, 0.3) is 0 Å². The largest absolute Gasteiger partial charge is 0.324 e. The van der Waals surface area contributed by atoms with Crippen LogP contribution < -0.4 is 5.73 Å². The van der Waals surface area contributed by atoms with Crippen molar-refractivity contribution in [2.24, 2.45) is 5.73 Å². The number of nitro groups is 1. The molecule has 0 spiro atoms. The highest BCUT2D eigenvalue weighted by molar-refractivity contribution is 7.13. The number of nitrogens with two attached hydrogens (primary N) is 1. The molecule has 1 aromatic rings. The van der Waals surface area contributed by atoms with Gasteiger partial charge >= 0.3 is 5.00 Å². The van der Waals surface area contributed by atoms with E-state index in [9.17, 15) is 14.5 Å². The summed E-state index contributed by atoms with van der Waals surface area (Å²) in [6.45, 7) is -0.509. The Labute approximate surface area is 90.5 Å². The number of rotatable bonds is 4. The van der Waals surface area contributed by atoms with Crippen LogP contribution in [0, 0.1) is 10.1 Å². The minimum atomic E-state index is -0.509. The molecule has 4 nitrogen and oxygen atoms in total. The molecule has 0 saturated carbocycles. The molecule has 0 aliphatic heterocycles. The molecule has 14 heavy (non-hydrogen) atoms. The molecule has 0 radical (unpaired) electrons. The fourth-order valence-electron chi connectivity index (χ4n) is 0.913. The van der Waals surface area contributed by atoms with E-state index in [1.54, 1.807) is 5.38 Å². The minimum absolute atomic E-state index is 0. The summed E-state index contributed by atoms with van der Waals surface area (Å²) < 4.78 is 11.9. The molecule has 0 saturated heterocycles. The topological polar surface area (TPSA) is 69.2 Å². The number of hydrogen-bond donors (Lipinski definition) is 1. The van der Waals surface area contributed by atoms with Gasteiger partial charge in [-0.05, 0) is 12.0 Å². The van der Waals surface area contributed by atoms with E-state index in [-0.39, 0.29) is 23.8 Å². The Morgan fingerprint density at radius 1 is 1.71 bits per heavy atom. The molecular formula is C7H10ClFN2O2S. The first-order chi connectivity index (χ1) is 6.15. The zero-order valence-electron chi connectivity index (χ0n) is 7.18. The molecule has 0 amide bonds. The van der Waals surface area contributed by atoms with Crippen LogP contribution in [-0.4, -0.2) is 11.6 Å². The molecule has 0 bridgehead atoms. The van der Waals surface area contributed by atoms with Crippen molar-refractivity contribution >= 4 is 28.7 Å². The Bertz CT molecular complexity index is 308. The molecular weight excluding hydrogens is 231 g/mol. The van der Waals surface area contributed by atoms with Crippen LogP contribution in [0.5, 0.6) is 0 Å². The lowest BCUT2D eigenvalue weighted by molar-refractivity contribution is -0.380. The standard InChI is InChI=1S/C7H9FN2O2S.ClH/c8-2-1-6(9)5-3-7(10(11)12)13-4-5;/h3-4,6H,1-2,9H2;1H/t6-;/m1./s1. The summed E-state index contributed by atoms with van der Waals surface area (Å²) in [5, 5.41) is 11.9. The Morgan fingerprint density at radius 3 is 2.79 bits per heavy atom. The van der Waals surface area contributed by atoms with E-state index in [1.165, 1.54) is 6.07 Å². The van der Waals surface area contributed by atoms with Gasteiger partial charge in [-0.25, -0.2) is 0 Å². The molecule has 1 atom stereocenters. The molecule has 0 fully saturated rings. The Hall–Kier alpha value is -0.720. The van der Waals surface area contributed by atoms with Gasteiger partial charge in [-0.15, -0.1) is 12.4 Å². The maximum atomic E-state index is 11.9. The normalized spacial score (nSPS) is 11.9. The summed E-state index contributed by atoms with van der Waals surface area (Å²) in [6.07, 6.45) is 0.202. The highest BCUT2D eigenvalue weighted by atomic mass is 35.5. The number of hydrogen-bond acceptors (Lipinski definition) is 4. The molecule has 1 rings (SSSR count). The van der Waals surface area contributed by atoms with Crippen molar-refractivity contribution in [1.29, 1.82) is 0 Å². The fourth-order valence-corrected chi connectivity index (χ4v) is 1.70. The van der Waals surface area contributed by atoms with Crippen LogP contribution in [0.25, 0.3) is 0 Å². The van der Waals surface area contributed by atoms with Gasteiger partial charge in [-0.1, -0.05) is 11.3 Å². The zero-order valence-corrected chi connectivity index (χ0v) is 8.81. The summed E-state index contributed by atoms with van der Waals surface area (Å²) in [5.74, 6) is 0. The third kappa shape index (κ3) is 3.21. The van der Waals surface area contributed by atoms with Crippen LogP contribution in [0.1, 0.15) is 18.0 Å². The highest BCUT2D eigenvalue weighted by Crippen LogP contribution is 2.27. The second-order valence-corrected chi connectivity index (χ2v) is 3.45.